The summed E-state index contributed by atoms with van der Waals surface area (Å²) in [7, 11) is 0. The van der Waals surface area contributed by atoms with Gasteiger partial charge in [0.2, 0.25) is 0 Å². The molecule has 18 aromatic rings. The number of aromatic nitrogens is 1. The summed E-state index contributed by atoms with van der Waals surface area (Å²) in [6, 6.07) is 115. The second kappa shape index (κ2) is 29.3. The Labute approximate surface area is 700 Å². The highest BCUT2D eigenvalue weighted by Crippen LogP contribution is 2.52. The molecule has 0 amide bonds. The molecule has 10 nitrogen and oxygen atoms in total. The first-order valence-corrected chi connectivity index (χ1v) is 40.2. The zero-order chi connectivity index (χ0) is 76.4. The SMILES string of the molecule is C.Clc1cc(Oc2ccccc2)c(Br)c(N(c2ccccc2)c2ccc3c(c2)[nH]c2cc(N(c4ccccc4)c4cc(Cl)cc(Oc5ccccc5)c4Br)ccc23)c1.Clc1cc2c3c(c1)N(c1ccccc1)c1cc4oc5cc6c(cc5c4cc1B3c1ccccc1O2)B1c2ccccc2Oc2cc(Cl)cc(c21)N6c1ccccc1. The van der Waals surface area contributed by atoms with Gasteiger partial charge < -0.3 is 47.9 Å². The number of halogens is 6. The molecule has 0 fully saturated rings. The maximum atomic E-state index is 6.97. The van der Waals surface area contributed by atoms with Crippen molar-refractivity contribution in [2.45, 2.75) is 7.43 Å². The molecule has 0 radical (unpaired) electrons. The van der Waals surface area contributed by atoms with Crippen LogP contribution in [-0.4, -0.2) is 18.4 Å². The van der Waals surface area contributed by atoms with Crippen LogP contribution in [0.5, 0.6) is 46.0 Å². The summed E-state index contributed by atoms with van der Waals surface area (Å²) in [4.78, 5) is 12.7. The Bertz CT molecular complexity index is 6490. The van der Waals surface area contributed by atoms with E-state index in [0.717, 1.165) is 166 Å². The topological polar surface area (TPSA) is 78.8 Å². The van der Waals surface area contributed by atoms with E-state index in [0.29, 0.717) is 43.1 Å². The summed E-state index contributed by atoms with van der Waals surface area (Å²) in [5.41, 5.74) is 21.9. The monoisotopic (exact) mass is 1700 g/mol. The van der Waals surface area contributed by atoms with Crippen molar-refractivity contribution in [1.82, 2.24) is 4.98 Å². The number of furan rings is 1. The molecule has 1 N–H and O–H groups in total. The molecule has 0 saturated heterocycles. The van der Waals surface area contributed by atoms with Gasteiger partial charge in [-0.2, -0.15) is 0 Å². The summed E-state index contributed by atoms with van der Waals surface area (Å²) in [6.07, 6.45) is 0. The number of H-pyrrole nitrogens is 1. The molecule has 2 aromatic heterocycles. The van der Waals surface area contributed by atoms with Crippen molar-refractivity contribution in [3.8, 4) is 46.0 Å². The molecule has 4 aliphatic heterocycles. The van der Waals surface area contributed by atoms with Crippen LogP contribution in [0.3, 0.4) is 0 Å². The van der Waals surface area contributed by atoms with Crippen LogP contribution < -0.4 is 71.3 Å². The van der Waals surface area contributed by atoms with Gasteiger partial charge in [0, 0.05) is 134 Å². The first kappa shape index (κ1) is 71.8. The lowest BCUT2D eigenvalue weighted by molar-refractivity contribution is 0.479. The number of hydrogen-bond donors (Lipinski definition) is 1. The molecule has 115 heavy (non-hydrogen) atoms. The third-order valence-electron chi connectivity index (χ3n) is 21.5. The number of fused-ring (bicyclic) bond motifs is 14. The Balaban J connectivity index is 0.000000147. The minimum atomic E-state index is -0.0886. The first-order chi connectivity index (χ1) is 56.0. The minimum Gasteiger partial charge on any atom is -0.458 e. The van der Waals surface area contributed by atoms with Crippen LogP contribution >= 0.6 is 78.3 Å². The second-order valence-electron chi connectivity index (χ2n) is 28.3. The van der Waals surface area contributed by atoms with Gasteiger partial charge >= 0.3 is 0 Å². The van der Waals surface area contributed by atoms with Crippen LogP contribution in [0.15, 0.2) is 353 Å². The Kier molecular flexibility index (Phi) is 18.3. The van der Waals surface area contributed by atoms with E-state index in [4.69, 9.17) is 69.8 Å². The van der Waals surface area contributed by atoms with Crippen LogP contribution in [0, 0.1) is 0 Å². The number of ether oxygens (including phenoxy) is 4. The molecule has 16 aromatic carbocycles. The van der Waals surface area contributed by atoms with E-state index in [1.165, 1.54) is 10.9 Å². The summed E-state index contributed by atoms with van der Waals surface area (Å²) in [5.74, 6) is 5.86. The molecule has 22 rings (SSSR count). The van der Waals surface area contributed by atoms with Crippen molar-refractivity contribution in [2.75, 3.05) is 19.6 Å². The number of aromatic amines is 1. The standard InChI is InChI=1S/C48H26B2Cl2N2O3.C48H31Br2Cl2N3O2.CH4/c51-27-19-39-47-45(21-27)55-41-17-9-7-15-33(41)49(47)35-23-31-32-24-36-38(26-44(32)57-43(31)25-37(35)53(39)29-11-3-1-4-12-29)54(30-13-5-2-6-14-30)40-20-28(52)22-46-48(40)50(36)34-16-8-10-18-42(34)56-46;49-47-43(25-31(51)27-45(47)56-37-17-9-3-10-18-37)54(33-13-5-1-6-14-33)35-21-23-39-40-24-22-36(30-42(40)53-41(39)29-35)55(34-15-7-2-8-16-34)44-26-32(52)28-46(48(44)50)57-38-19-11-4-12-20-38;/h1-26H;1-30,53H;1H4. The molecule has 0 spiro atoms. The summed E-state index contributed by atoms with van der Waals surface area (Å²) >= 11 is 35.1. The van der Waals surface area contributed by atoms with E-state index in [1.54, 1.807) is 0 Å². The van der Waals surface area contributed by atoms with Crippen LogP contribution in [0.25, 0.3) is 43.7 Å². The predicted octanol–water partition coefficient (Wildman–Crippen LogP) is 27.0. The normalized spacial score (nSPS) is 12.4. The molecule has 0 unspecified atom stereocenters. The average Bonchev–Trinajstić information content (AvgIpc) is 1.69. The van der Waals surface area contributed by atoms with Gasteiger partial charge in [-0.05, 0) is 210 Å². The first-order valence-electron chi connectivity index (χ1n) is 37.1. The molecule has 0 atom stereocenters. The fourth-order valence-electron chi connectivity index (χ4n) is 16.8. The maximum Gasteiger partial charge on any atom is 0.256 e. The molecular formula is C97H61B2Br2Cl4N5O5. The van der Waals surface area contributed by atoms with Crippen molar-refractivity contribution in [1.29, 1.82) is 0 Å². The third kappa shape index (κ3) is 12.6. The Morgan fingerprint density at radius 1 is 0.322 bits per heavy atom. The lowest BCUT2D eigenvalue weighted by atomic mass is 9.34. The average molecular weight is 1700 g/mol. The summed E-state index contributed by atoms with van der Waals surface area (Å²) in [5, 5.41) is 6.63. The van der Waals surface area contributed by atoms with Crippen molar-refractivity contribution in [3.05, 3.63) is 369 Å². The molecule has 0 bridgehead atoms. The van der Waals surface area contributed by atoms with Crippen LogP contribution in [0.4, 0.5) is 68.2 Å². The van der Waals surface area contributed by atoms with Gasteiger partial charge in [0.15, 0.2) is 0 Å². The zero-order valence-corrected chi connectivity index (χ0v) is 66.3. The Hall–Kier alpha value is -12.2. The fourth-order valence-corrected chi connectivity index (χ4v) is 18.6. The molecule has 18 heteroatoms. The van der Waals surface area contributed by atoms with Crippen molar-refractivity contribution >= 4 is 236 Å². The van der Waals surface area contributed by atoms with Gasteiger partial charge in [0.1, 0.15) is 57.2 Å². The number of benzene rings is 16. The number of anilines is 12. The smallest absolute Gasteiger partial charge is 0.256 e. The van der Waals surface area contributed by atoms with Crippen LogP contribution in [-0.2, 0) is 0 Å². The molecule has 0 saturated carbocycles. The van der Waals surface area contributed by atoms with Gasteiger partial charge in [-0.3, -0.25) is 0 Å². The molecular weight excluding hydrogens is 1640 g/mol. The predicted molar refractivity (Wildman–Crippen MR) is 486 cm³/mol. The van der Waals surface area contributed by atoms with Crippen LogP contribution in [0.1, 0.15) is 7.43 Å². The zero-order valence-electron chi connectivity index (χ0n) is 60.1. The highest BCUT2D eigenvalue weighted by Gasteiger charge is 2.45. The van der Waals surface area contributed by atoms with Crippen LogP contribution in [0.2, 0.25) is 20.1 Å². The van der Waals surface area contributed by atoms with E-state index in [9.17, 15) is 0 Å². The molecule has 4 aliphatic rings. The summed E-state index contributed by atoms with van der Waals surface area (Å²) in [6.45, 7) is -0.177. The highest BCUT2D eigenvalue weighted by atomic mass is 79.9. The Morgan fingerprint density at radius 3 is 1.10 bits per heavy atom. The van der Waals surface area contributed by atoms with Gasteiger partial charge in [-0.15, -0.1) is 0 Å². The van der Waals surface area contributed by atoms with E-state index in [2.05, 4.69) is 226 Å². The maximum absolute atomic E-state index is 6.97. The summed E-state index contributed by atoms with van der Waals surface area (Å²) < 4.78 is 34.4. The van der Waals surface area contributed by atoms with Crippen molar-refractivity contribution in [2.24, 2.45) is 0 Å². The van der Waals surface area contributed by atoms with Gasteiger partial charge in [-0.1, -0.05) is 224 Å². The van der Waals surface area contributed by atoms with E-state index < -0.39 is 0 Å². The van der Waals surface area contributed by atoms with Gasteiger partial charge in [0.25, 0.3) is 13.4 Å². The van der Waals surface area contributed by atoms with E-state index in [1.807, 2.05) is 170 Å². The Morgan fingerprint density at radius 2 is 0.687 bits per heavy atom. The van der Waals surface area contributed by atoms with Crippen molar-refractivity contribution < 1.29 is 23.4 Å². The van der Waals surface area contributed by atoms with Crippen molar-refractivity contribution in [3.63, 3.8) is 0 Å². The largest absolute Gasteiger partial charge is 0.458 e. The highest BCUT2D eigenvalue weighted by molar-refractivity contribution is 9.11. The minimum absolute atomic E-state index is 0. The van der Waals surface area contributed by atoms with E-state index in [-0.39, 0.29) is 20.9 Å². The number of nitrogens with one attached hydrogen (secondary N) is 1. The number of nitrogens with zero attached hydrogens (tertiary/aromatic N) is 4. The third-order valence-corrected chi connectivity index (χ3v) is 24.0. The van der Waals surface area contributed by atoms with Gasteiger partial charge in [-0.25, -0.2) is 0 Å². The molecule has 0 aliphatic carbocycles. The lowest BCUT2D eigenvalue weighted by Crippen LogP contribution is -2.59. The fraction of sp³-hybridized carbons (Fsp3) is 0.0103. The molecule has 552 valence electrons. The second-order valence-corrected chi connectivity index (χ2v) is 31.6. The number of hydrogen-bond acceptors (Lipinski definition) is 9. The quantitative estimate of drug-likeness (QED) is 0.120. The number of para-hydroxylation sites is 8. The number of rotatable bonds is 12. The van der Waals surface area contributed by atoms with E-state index >= 15 is 0 Å². The molecule has 6 heterocycles. The lowest BCUT2D eigenvalue weighted by Gasteiger charge is -2.40. The van der Waals surface area contributed by atoms with Gasteiger partial charge in [0.05, 0.1) is 20.3 Å².